The Balaban J connectivity index is 2.15. The first kappa shape index (κ1) is 14.3. The fourth-order valence-electron chi connectivity index (χ4n) is 3.31. The second-order valence-corrected chi connectivity index (χ2v) is 8.78. The van der Waals surface area contributed by atoms with E-state index in [-0.39, 0.29) is 5.54 Å². The lowest BCUT2D eigenvalue weighted by Gasteiger charge is -2.48. The SMILES string of the molecule is CC(C)C1CN(C2(C)CCS(=O)(=O)C2)C(C)CN1. The predicted molar refractivity (Wildman–Crippen MR) is 74.5 cm³/mol. The van der Waals surface area contributed by atoms with Crippen molar-refractivity contribution in [3.63, 3.8) is 0 Å². The predicted octanol–water partition coefficient (Wildman–Crippen LogP) is 0.882. The van der Waals surface area contributed by atoms with Crippen molar-refractivity contribution in [2.24, 2.45) is 5.92 Å². The minimum atomic E-state index is -2.83. The number of nitrogens with zero attached hydrogens (tertiary/aromatic N) is 1. The lowest BCUT2D eigenvalue weighted by atomic mass is 9.91. The lowest BCUT2D eigenvalue weighted by Crippen LogP contribution is -2.64. The third-order valence-electron chi connectivity index (χ3n) is 4.58. The Morgan fingerprint density at radius 1 is 1.39 bits per heavy atom. The van der Waals surface area contributed by atoms with Gasteiger partial charge in [-0.15, -0.1) is 0 Å². The number of rotatable bonds is 2. The minimum Gasteiger partial charge on any atom is -0.311 e. The van der Waals surface area contributed by atoms with Gasteiger partial charge < -0.3 is 5.32 Å². The molecule has 2 aliphatic rings. The summed E-state index contributed by atoms with van der Waals surface area (Å²) < 4.78 is 23.5. The van der Waals surface area contributed by atoms with Crippen LogP contribution in [0, 0.1) is 5.92 Å². The molecule has 0 aromatic carbocycles. The van der Waals surface area contributed by atoms with Crippen LogP contribution in [0.25, 0.3) is 0 Å². The molecule has 4 nitrogen and oxygen atoms in total. The van der Waals surface area contributed by atoms with Gasteiger partial charge in [-0.1, -0.05) is 13.8 Å². The van der Waals surface area contributed by atoms with Crippen LogP contribution in [-0.2, 0) is 9.84 Å². The molecule has 2 heterocycles. The fourth-order valence-corrected chi connectivity index (χ4v) is 5.46. The second-order valence-electron chi connectivity index (χ2n) is 6.60. The number of hydrogen-bond donors (Lipinski definition) is 1. The lowest BCUT2D eigenvalue weighted by molar-refractivity contribution is 0.0337. The molecule has 0 radical (unpaired) electrons. The topological polar surface area (TPSA) is 49.4 Å². The van der Waals surface area contributed by atoms with Crippen molar-refractivity contribution in [3.05, 3.63) is 0 Å². The molecule has 3 atom stereocenters. The minimum absolute atomic E-state index is 0.159. The normalized spacial score (nSPS) is 41.4. The summed E-state index contributed by atoms with van der Waals surface area (Å²) in [5.74, 6) is 1.27. The molecule has 2 fully saturated rings. The van der Waals surface area contributed by atoms with E-state index in [1.807, 2.05) is 0 Å². The molecular formula is C13H26N2O2S. The number of piperazine rings is 1. The maximum Gasteiger partial charge on any atom is 0.152 e. The van der Waals surface area contributed by atoms with Crippen LogP contribution in [0.2, 0.25) is 0 Å². The largest absolute Gasteiger partial charge is 0.311 e. The van der Waals surface area contributed by atoms with Crippen molar-refractivity contribution in [2.45, 2.75) is 51.7 Å². The quantitative estimate of drug-likeness (QED) is 0.812. The molecule has 0 saturated carbocycles. The molecular weight excluding hydrogens is 248 g/mol. The summed E-state index contributed by atoms with van der Waals surface area (Å²) in [7, 11) is -2.83. The summed E-state index contributed by atoms with van der Waals surface area (Å²) in [6.45, 7) is 10.7. The van der Waals surface area contributed by atoms with E-state index in [2.05, 4.69) is 37.9 Å². The molecule has 0 aliphatic carbocycles. The van der Waals surface area contributed by atoms with Crippen LogP contribution in [0.15, 0.2) is 0 Å². The van der Waals surface area contributed by atoms with Gasteiger partial charge in [0.25, 0.3) is 0 Å². The van der Waals surface area contributed by atoms with E-state index in [0.29, 0.717) is 29.5 Å². The highest BCUT2D eigenvalue weighted by atomic mass is 32.2. The zero-order chi connectivity index (χ0) is 13.6. The molecule has 1 N–H and O–H groups in total. The first-order valence-electron chi connectivity index (χ1n) is 6.94. The van der Waals surface area contributed by atoms with Gasteiger partial charge in [-0.25, -0.2) is 8.42 Å². The van der Waals surface area contributed by atoms with Crippen LogP contribution in [-0.4, -0.2) is 55.5 Å². The molecule has 5 heteroatoms. The maximum absolute atomic E-state index is 11.8. The maximum atomic E-state index is 11.8. The van der Waals surface area contributed by atoms with E-state index in [0.717, 1.165) is 19.5 Å². The summed E-state index contributed by atoms with van der Waals surface area (Å²) in [5, 5.41) is 3.57. The Kier molecular flexibility index (Phi) is 3.78. The van der Waals surface area contributed by atoms with Crippen LogP contribution in [0.1, 0.15) is 34.1 Å². The monoisotopic (exact) mass is 274 g/mol. The van der Waals surface area contributed by atoms with Gasteiger partial charge >= 0.3 is 0 Å². The van der Waals surface area contributed by atoms with Crippen LogP contribution in [0.4, 0.5) is 0 Å². The first-order chi connectivity index (χ1) is 8.23. The highest BCUT2D eigenvalue weighted by Crippen LogP contribution is 2.32. The summed E-state index contributed by atoms with van der Waals surface area (Å²) in [6, 6.07) is 0.889. The molecule has 2 aliphatic heterocycles. The van der Waals surface area contributed by atoms with E-state index in [1.165, 1.54) is 0 Å². The Morgan fingerprint density at radius 3 is 2.56 bits per heavy atom. The molecule has 0 bridgehead atoms. The zero-order valence-electron chi connectivity index (χ0n) is 11.9. The first-order valence-corrected chi connectivity index (χ1v) is 8.76. The summed E-state index contributed by atoms with van der Waals surface area (Å²) in [5.41, 5.74) is -0.159. The number of sulfone groups is 1. The molecule has 0 aromatic rings. The summed E-state index contributed by atoms with van der Waals surface area (Å²) >= 11 is 0. The van der Waals surface area contributed by atoms with Crippen LogP contribution < -0.4 is 5.32 Å². The van der Waals surface area contributed by atoms with Gasteiger partial charge in [0.2, 0.25) is 0 Å². The standard InChI is InChI=1S/C13H26N2O2S/c1-10(2)12-8-15(11(3)7-14-12)13(4)5-6-18(16,17)9-13/h10-12,14H,5-9H2,1-4H3. The van der Waals surface area contributed by atoms with Gasteiger partial charge in [0, 0.05) is 30.7 Å². The molecule has 0 amide bonds. The Labute approximate surface area is 111 Å². The van der Waals surface area contributed by atoms with Crippen LogP contribution in [0.3, 0.4) is 0 Å². The van der Waals surface area contributed by atoms with Gasteiger partial charge in [0.15, 0.2) is 9.84 Å². The smallest absolute Gasteiger partial charge is 0.152 e. The van der Waals surface area contributed by atoms with Crippen molar-refractivity contribution in [3.8, 4) is 0 Å². The second kappa shape index (κ2) is 4.76. The van der Waals surface area contributed by atoms with E-state index >= 15 is 0 Å². The van der Waals surface area contributed by atoms with Gasteiger partial charge in [-0.2, -0.15) is 0 Å². The zero-order valence-corrected chi connectivity index (χ0v) is 12.8. The Morgan fingerprint density at radius 2 is 2.06 bits per heavy atom. The van der Waals surface area contributed by atoms with Gasteiger partial charge in [0.05, 0.1) is 11.5 Å². The van der Waals surface area contributed by atoms with Crippen molar-refractivity contribution in [2.75, 3.05) is 24.6 Å². The summed E-state index contributed by atoms with van der Waals surface area (Å²) in [6.07, 6.45) is 0.782. The van der Waals surface area contributed by atoms with Crippen LogP contribution in [0.5, 0.6) is 0 Å². The Bertz CT molecular complexity index is 407. The molecule has 18 heavy (non-hydrogen) atoms. The average Bonchev–Trinajstić information content (AvgIpc) is 2.54. The summed E-state index contributed by atoms with van der Waals surface area (Å²) in [4.78, 5) is 2.43. The van der Waals surface area contributed by atoms with Crippen molar-refractivity contribution in [1.29, 1.82) is 0 Å². The van der Waals surface area contributed by atoms with E-state index in [9.17, 15) is 8.42 Å². The fraction of sp³-hybridized carbons (Fsp3) is 1.00. The van der Waals surface area contributed by atoms with E-state index in [4.69, 9.17) is 0 Å². The molecule has 2 saturated heterocycles. The van der Waals surface area contributed by atoms with Crippen molar-refractivity contribution < 1.29 is 8.42 Å². The third-order valence-corrected chi connectivity index (χ3v) is 6.47. The molecule has 106 valence electrons. The van der Waals surface area contributed by atoms with E-state index < -0.39 is 9.84 Å². The molecule has 2 rings (SSSR count). The van der Waals surface area contributed by atoms with Crippen molar-refractivity contribution in [1.82, 2.24) is 10.2 Å². The highest BCUT2D eigenvalue weighted by molar-refractivity contribution is 7.91. The number of nitrogens with one attached hydrogen (secondary N) is 1. The average molecular weight is 274 g/mol. The molecule has 0 aromatic heterocycles. The van der Waals surface area contributed by atoms with Gasteiger partial charge in [0.1, 0.15) is 0 Å². The van der Waals surface area contributed by atoms with E-state index in [1.54, 1.807) is 0 Å². The van der Waals surface area contributed by atoms with Gasteiger partial charge in [-0.3, -0.25) is 4.90 Å². The van der Waals surface area contributed by atoms with Gasteiger partial charge in [-0.05, 0) is 26.2 Å². The molecule has 3 unspecified atom stereocenters. The van der Waals surface area contributed by atoms with Crippen LogP contribution >= 0.6 is 0 Å². The van der Waals surface area contributed by atoms with Crippen molar-refractivity contribution >= 4 is 9.84 Å². The number of hydrogen-bond acceptors (Lipinski definition) is 4. The highest BCUT2D eigenvalue weighted by Gasteiger charge is 2.46. The molecule has 0 spiro atoms. The third kappa shape index (κ3) is 2.73. The Hall–Kier alpha value is -0.130.